The number of hydrogen-bond donors (Lipinski definition) is 1. The lowest BCUT2D eigenvalue weighted by Crippen LogP contribution is -2.52. The maximum atomic E-state index is 14.3. The Morgan fingerprint density at radius 2 is 1.64 bits per heavy atom. The molecule has 5 rings (SSSR count). The van der Waals surface area contributed by atoms with Crippen LogP contribution in [-0.2, 0) is 26.5 Å². The maximum absolute atomic E-state index is 14.3. The van der Waals surface area contributed by atoms with Gasteiger partial charge in [0, 0.05) is 11.5 Å². The van der Waals surface area contributed by atoms with Gasteiger partial charge in [-0.25, -0.2) is 8.78 Å². The second-order valence-electron chi connectivity index (χ2n) is 8.14. The van der Waals surface area contributed by atoms with Crippen molar-refractivity contribution in [2.75, 3.05) is 19.8 Å². The van der Waals surface area contributed by atoms with E-state index >= 15 is 0 Å². The molecule has 0 bridgehead atoms. The first-order valence-electron chi connectivity index (χ1n) is 10.9. The molecule has 0 aliphatic carbocycles. The molecule has 2 fully saturated rings. The summed E-state index contributed by atoms with van der Waals surface area (Å²) in [7, 11) is 0. The van der Waals surface area contributed by atoms with E-state index in [2.05, 4.69) is 21.4 Å². The molecule has 0 radical (unpaired) electrons. The molecule has 2 saturated heterocycles. The standard InChI is InChI=1S/C20H22FNO3.C6H4BrF/c21-19-9-5-4-8-18(19)20-14-24-17(10-16(20)12-25-22-20)13-23-11-15-6-2-1-3-7-15;7-5-3-1-2-4-6(5)8/h1-9,16-17,22H,10-14H2;1-4H/t16-,17+,20-;/m0./s1. The largest absolute Gasteiger partial charge is 0.374 e. The lowest BCUT2D eigenvalue weighted by molar-refractivity contribution is -0.0996. The van der Waals surface area contributed by atoms with Gasteiger partial charge in [-0.2, -0.15) is 5.48 Å². The van der Waals surface area contributed by atoms with E-state index in [-0.39, 0.29) is 23.7 Å². The SMILES string of the molecule is Fc1ccccc1Br.Fc1ccccc1[C@]12CO[C@@H](COCc3ccccc3)C[C@H]1CON2. The second-order valence-corrected chi connectivity index (χ2v) is 9.00. The van der Waals surface area contributed by atoms with E-state index in [1.54, 1.807) is 30.3 Å². The molecule has 0 unspecified atom stereocenters. The van der Waals surface area contributed by atoms with Crippen molar-refractivity contribution in [3.63, 3.8) is 0 Å². The van der Waals surface area contributed by atoms with E-state index in [9.17, 15) is 8.78 Å². The molecular formula is C26H26BrF2NO3. The van der Waals surface area contributed by atoms with Gasteiger partial charge in [0.25, 0.3) is 0 Å². The molecule has 33 heavy (non-hydrogen) atoms. The van der Waals surface area contributed by atoms with Gasteiger partial charge in [-0.15, -0.1) is 0 Å². The Bertz CT molecular complexity index is 1020. The topological polar surface area (TPSA) is 39.7 Å². The normalized spacial score (nSPS) is 24.0. The monoisotopic (exact) mass is 517 g/mol. The zero-order chi connectivity index (χ0) is 23.1. The molecule has 0 saturated carbocycles. The van der Waals surface area contributed by atoms with E-state index in [0.29, 0.717) is 36.5 Å². The average Bonchev–Trinajstić information content (AvgIpc) is 3.27. The minimum Gasteiger partial charge on any atom is -0.374 e. The molecule has 7 heteroatoms. The number of benzene rings is 3. The van der Waals surface area contributed by atoms with Crippen molar-refractivity contribution in [3.8, 4) is 0 Å². The number of hydrogen-bond acceptors (Lipinski definition) is 4. The third-order valence-electron chi connectivity index (χ3n) is 5.92. The average molecular weight is 518 g/mol. The fourth-order valence-corrected chi connectivity index (χ4v) is 4.45. The highest BCUT2D eigenvalue weighted by Crippen LogP contribution is 2.42. The molecule has 3 atom stereocenters. The first kappa shape index (κ1) is 24.0. The molecule has 2 heterocycles. The molecule has 0 aromatic heterocycles. The third kappa shape index (κ3) is 5.86. The minimum atomic E-state index is -0.610. The Hall–Kier alpha value is -2.16. The van der Waals surface area contributed by atoms with Gasteiger partial charge in [-0.3, -0.25) is 0 Å². The summed E-state index contributed by atoms with van der Waals surface area (Å²) >= 11 is 3.02. The van der Waals surface area contributed by atoms with Crippen molar-refractivity contribution in [1.29, 1.82) is 0 Å². The summed E-state index contributed by atoms with van der Waals surface area (Å²) in [4.78, 5) is 5.49. The van der Waals surface area contributed by atoms with Crippen molar-refractivity contribution in [2.45, 2.75) is 24.7 Å². The van der Waals surface area contributed by atoms with Gasteiger partial charge in [-0.05, 0) is 46.1 Å². The number of rotatable bonds is 5. The van der Waals surface area contributed by atoms with Crippen LogP contribution in [0.5, 0.6) is 0 Å². The highest BCUT2D eigenvalue weighted by Gasteiger charge is 2.51. The van der Waals surface area contributed by atoms with Crippen LogP contribution in [0.2, 0.25) is 0 Å². The summed E-state index contributed by atoms with van der Waals surface area (Å²) in [5.41, 5.74) is 4.17. The van der Waals surface area contributed by atoms with Crippen molar-refractivity contribution < 1.29 is 23.1 Å². The molecule has 4 nitrogen and oxygen atoms in total. The second kappa shape index (κ2) is 11.3. The van der Waals surface area contributed by atoms with E-state index in [1.165, 1.54) is 12.1 Å². The molecule has 2 aliphatic heterocycles. The summed E-state index contributed by atoms with van der Waals surface area (Å²) in [6.07, 6.45) is 0.771. The molecule has 2 aliphatic rings. The van der Waals surface area contributed by atoms with E-state index < -0.39 is 5.54 Å². The van der Waals surface area contributed by atoms with Crippen LogP contribution < -0.4 is 5.48 Å². The number of halogens is 3. The predicted octanol–water partition coefficient (Wildman–Crippen LogP) is 5.77. The molecule has 174 valence electrons. The number of hydroxylamine groups is 1. The van der Waals surface area contributed by atoms with Gasteiger partial charge in [0.05, 0.1) is 42.5 Å². The molecular weight excluding hydrogens is 492 g/mol. The summed E-state index contributed by atoms with van der Waals surface area (Å²) < 4.78 is 38.9. The van der Waals surface area contributed by atoms with E-state index in [1.807, 2.05) is 36.4 Å². The minimum absolute atomic E-state index is 0.00268. The number of nitrogens with one attached hydrogen (secondary N) is 1. The van der Waals surface area contributed by atoms with Crippen LogP contribution >= 0.6 is 15.9 Å². The Morgan fingerprint density at radius 3 is 2.33 bits per heavy atom. The van der Waals surface area contributed by atoms with Crippen LogP contribution in [0, 0.1) is 17.6 Å². The molecule has 3 aromatic carbocycles. The van der Waals surface area contributed by atoms with Crippen LogP contribution in [0.3, 0.4) is 0 Å². The molecule has 3 aromatic rings. The van der Waals surface area contributed by atoms with Gasteiger partial charge in [0.15, 0.2) is 0 Å². The fourth-order valence-electron chi connectivity index (χ4n) is 4.16. The van der Waals surface area contributed by atoms with Gasteiger partial charge in [0.1, 0.15) is 11.6 Å². The van der Waals surface area contributed by atoms with E-state index in [0.717, 1.165) is 12.0 Å². The summed E-state index contributed by atoms with van der Waals surface area (Å²) in [6.45, 7) is 2.02. The van der Waals surface area contributed by atoms with Gasteiger partial charge in [0.2, 0.25) is 0 Å². The van der Waals surface area contributed by atoms with Gasteiger partial charge >= 0.3 is 0 Å². The lowest BCUT2D eigenvalue weighted by atomic mass is 9.75. The fraction of sp³-hybridized carbons (Fsp3) is 0.308. The van der Waals surface area contributed by atoms with Crippen LogP contribution in [0.4, 0.5) is 8.78 Å². The van der Waals surface area contributed by atoms with Crippen molar-refractivity contribution in [2.24, 2.45) is 5.92 Å². The molecule has 0 amide bonds. The molecule has 1 N–H and O–H groups in total. The van der Waals surface area contributed by atoms with E-state index in [4.69, 9.17) is 14.3 Å². The quantitative estimate of drug-likeness (QED) is 0.466. The van der Waals surface area contributed by atoms with Crippen LogP contribution in [-0.4, -0.2) is 25.9 Å². The van der Waals surface area contributed by atoms with Crippen molar-refractivity contribution >= 4 is 15.9 Å². The Kier molecular flexibility index (Phi) is 8.22. The van der Waals surface area contributed by atoms with Crippen molar-refractivity contribution in [3.05, 3.63) is 106 Å². The number of ether oxygens (including phenoxy) is 2. The van der Waals surface area contributed by atoms with Gasteiger partial charge < -0.3 is 14.3 Å². The summed E-state index contributed by atoms with van der Waals surface area (Å²) in [6, 6.07) is 23.4. The predicted molar refractivity (Wildman–Crippen MR) is 125 cm³/mol. The first-order valence-corrected chi connectivity index (χ1v) is 11.6. The molecule has 0 spiro atoms. The Labute approximate surface area is 201 Å². The first-order chi connectivity index (χ1) is 16.1. The lowest BCUT2D eigenvalue weighted by Gasteiger charge is -2.41. The maximum Gasteiger partial charge on any atom is 0.137 e. The summed E-state index contributed by atoms with van der Waals surface area (Å²) in [5, 5.41) is 0. The highest BCUT2D eigenvalue weighted by molar-refractivity contribution is 9.10. The van der Waals surface area contributed by atoms with Crippen molar-refractivity contribution in [1.82, 2.24) is 5.48 Å². The number of fused-ring (bicyclic) bond motifs is 1. The van der Waals surface area contributed by atoms with Crippen LogP contribution in [0.25, 0.3) is 0 Å². The smallest absolute Gasteiger partial charge is 0.137 e. The van der Waals surface area contributed by atoms with Gasteiger partial charge in [-0.1, -0.05) is 60.7 Å². The zero-order valence-electron chi connectivity index (χ0n) is 18.1. The highest BCUT2D eigenvalue weighted by atomic mass is 79.9. The van der Waals surface area contributed by atoms with Crippen LogP contribution in [0.15, 0.2) is 83.3 Å². The summed E-state index contributed by atoms with van der Waals surface area (Å²) in [5.74, 6) is -0.288. The Morgan fingerprint density at radius 1 is 0.939 bits per heavy atom. The zero-order valence-corrected chi connectivity index (χ0v) is 19.6. The third-order valence-corrected chi connectivity index (χ3v) is 6.57. The Balaban J connectivity index is 0.000000275. The van der Waals surface area contributed by atoms with Crippen LogP contribution in [0.1, 0.15) is 17.5 Å².